The van der Waals surface area contributed by atoms with E-state index >= 15 is 0 Å². The van der Waals surface area contributed by atoms with Crippen LogP contribution >= 0.6 is 0 Å². The summed E-state index contributed by atoms with van der Waals surface area (Å²) in [7, 11) is 0. The number of aliphatic hydroxyl groups is 2. The van der Waals surface area contributed by atoms with Crippen LogP contribution in [0.25, 0.3) is 0 Å². The molecule has 2 aliphatic rings. The number of rotatable bonds is 10. The summed E-state index contributed by atoms with van der Waals surface area (Å²) in [5.41, 5.74) is -1.78. The molecule has 4 unspecified atom stereocenters. The lowest BCUT2D eigenvalue weighted by Crippen LogP contribution is -2.30. The minimum Gasteiger partial charge on any atom is -0.390 e. The second-order valence-electron chi connectivity index (χ2n) is 8.76. The van der Waals surface area contributed by atoms with E-state index in [1.165, 1.54) is 0 Å². The van der Waals surface area contributed by atoms with Crippen LogP contribution < -0.4 is 0 Å². The molecule has 0 heterocycles. The SMILES string of the molecule is CC(C)(O)C1CC1(C)OCCOCCOC1(C)CC1C(C)(C)O. The number of hydrogen-bond donors (Lipinski definition) is 2. The summed E-state index contributed by atoms with van der Waals surface area (Å²) in [5, 5.41) is 20.0. The van der Waals surface area contributed by atoms with Crippen molar-refractivity contribution >= 4 is 0 Å². The van der Waals surface area contributed by atoms with E-state index in [0.29, 0.717) is 26.4 Å². The van der Waals surface area contributed by atoms with Crippen molar-refractivity contribution in [3.8, 4) is 0 Å². The molecule has 23 heavy (non-hydrogen) atoms. The van der Waals surface area contributed by atoms with Gasteiger partial charge in [0.1, 0.15) is 0 Å². The lowest BCUT2D eigenvalue weighted by molar-refractivity contribution is -0.0596. The van der Waals surface area contributed by atoms with E-state index < -0.39 is 11.2 Å². The molecule has 5 heteroatoms. The highest BCUT2D eigenvalue weighted by molar-refractivity contribution is 5.09. The van der Waals surface area contributed by atoms with Gasteiger partial charge >= 0.3 is 0 Å². The predicted octanol–water partition coefficient (Wildman–Crippen LogP) is 2.14. The van der Waals surface area contributed by atoms with Crippen LogP contribution in [0.15, 0.2) is 0 Å². The normalized spacial score (nSPS) is 37.0. The van der Waals surface area contributed by atoms with E-state index in [1.54, 1.807) is 0 Å². The van der Waals surface area contributed by atoms with Crippen LogP contribution in [-0.4, -0.2) is 59.0 Å². The second-order valence-corrected chi connectivity index (χ2v) is 8.76. The molecule has 0 spiro atoms. The van der Waals surface area contributed by atoms with Gasteiger partial charge in [-0.2, -0.15) is 0 Å². The third-order valence-corrected chi connectivity index (χ3v) is 5.40. The summed E-state index contributed by atoms with van der Waals surface area (Å²) >= 11 is 0. The van der Waals surface area contributed by atoms with Gasteiger partial charge in [0.2, 0.25) is 0 Å². The van der Waals surface area contributed by atoms with Crippen molar-refractivity contribution in [3.05, 3.63) is 0 Å². The van der Waals surface area contributed by atoms with E-state index in [0.717, 1.165) is 12.8 Å². The maximum Gasteiger partial charge on any atom is 0.0716 e. The van der Waals surface area contributed by atoms with Crippen LogP contribution in [0.2, 0.25) is 0 Å². The van der Waals surface area contributed by atoms with E-state index in [-0.39, 0.29) is 23.0 Å². The predicted molar refractivity (Wildman–Crippen MR) is 88.3 cm³/mol. The lowest BCUT2D eigenvalue weighted by atomic mass is 10.0. The molecule has 0 aromatic carbocycles. The van der Waals surface area contributed by atoms with Crippen LogP contribution in [0.5, 0.6) is 0 Å². The number of ether oxygens (including phenoxy) is 3. The first-order valence-electron chi connectivity index (χ1n) is 8.69. The molecule has 4 atom stereocenters. The Morgan fingerprint density at radius 1 is 0.783 bits per heavy atom. The van der Waals surface area contributed by atoms with E-state index in [4.69, 9.17) is 14.2 Å². The van der Waals surface area contributed by atoms with Gasteiger partial charge in [0.25, 0.3) is 0 Å². The monoisotopic (exact) mass is 330 g/mol. The molecule has 2 N–H and O–H groups in total. The molecule has 0 saturated heterocycles. The standard InChI is InChI=1S/C18H34O5/c1-15(2,19)13-11-17(13,5)22-9-7-21-8-10-23-18(6)12-14(18)16(3,4)20/h13-14,19-20H,7-12H2,1-6H3. The Hall–Kier alpha value is -0.200. The lowest BCUT2D eigenvalue weighted by Gasteiger charge is -2.22. The molecule has 2 aliphatic carbocycles. The molecule has 0 aromatic heterocycles. The maximum absolute atomic E-state index is 9.98. The van der Waals surface area contributed by atoms with Crippen molar-refractivity contribution in [1.29, 1.82) is 0 Å². The zero-order chi connectivity index (χ0) is 17.5. The zero-order valence-corrected chi connectivity index (χ0v) is 15.5. The van der Waals surface area contributed by atoms with Gasteiger partial charge in [0, 0.05) is 11.8 Å². The van der Waals surface area contributed by atoms with Gasteiger partial charge in [-0.05, 0) is 54.4 Å². The number of hydrogen-bond acceptors (Lipinski definition) is 5. The first kappa shape index (κ1) is 19.1. The average molecular weight is 330 g/mol. The second kappa shape index (κ2) is 6.26. The maximum atomic E-state index is 9.98. The third kappa shape index (κ3) is 4.89. The first-order valence-corrected chi connectivity index (χ1v) is 8.69. The van der Waals surface area contributed by atoms with Gasteiger partial charge in [-0.25, -0.2) is 0 Å². The first-order chi connectivity index (χ1) is 10.4. The zero-order valence-electron chi connectivity index (χ0n) is 15.5. The van der Waals surface area contributed by atoms with Gasteiger partial charge in [0.05, 0.1) is 48.8 Å². The molecular weight excluding hydrogens is 296 g/mol. The molecule has 136 valence electrons. The van der Waals surface area contributed by atoms with Crippen LogP contribution in [-0.2, 0) is 14.2 Å². The fourth-order valence-electron chi connectivity index (χ4n) is 3.78. The highest BCUT2D eigenvalue weighted by Crippen LogP contribution is 2.53. The minimum atomic E-state index is -0.680. The highest BCUT2D eigenvalue weighted by Gasteiger charge is 2.59. The highest BCUT2D eigenvalue weighted by atomic mass is 16.6. The van der Waals surface area contributed by atoms with Crippen molar-refractivity contribution in [3.63, 3.8) is 0 Å². The van der Waals surface area contributed by atoms with Gasteiger partial charge in [-0.3, -0.25) is 0 Å². The van der Waals surface area contributed by atoms with E-state index in [2.05, 4.69) is 0 Å². The quantitative estimate of drug-likeness (QED) is 0.601. The molecule has 0 aliphatic heterocycles. The Morgan fingerprint density at radius 3 is 1.39 bits per heavy atom. The summed E-state index contributed by atoms with van der Waals surface area (Å²) in [6.45, 7) is 13.6. The molecule has 0 aromatic rings. The molecular formula is C18H34O5. The summed E-state index contributed by atoms with van der Waals surface area (Å²) in [5.74, 6) is 0.402. The summed E-state index contributed by atoms with van der Waals surface area (Å²) in [6.07, 6.45) is 1.80. The summed E-state index contributed by atoms with van der Waals surface area (Å²) < 4.78 is 17.2. The fourth-order valence-corrected chi connectivity index (χ4v) is 3.78. The molecule has 0 amide bonds. The Kier molecular flexibility index (Phi) is 5.21. The Morgan fingerprint density at radius 2 is 1.13 bits per heavy atom. The van der Waals surface area contributed by atoms with Crippen molar-refractivity contribution in [2.75, 3.05) is 26.4 Å². The fraction of sp³-hybridized carbons (Fsp3) is 1.00. The Bertz CT molecular complexity index is 373. The molecule has 2 fully saturated rings. The van der Waals surface area contributed by atoms with E-state index in [9.17, 15) is 10.2 Å². The van der Waals surface area contributed by atoms with Crippen LogP contribution in [0.1, 0.15) is 54.4 Å². The molecule has 5 nitrogen and oxygen atoms in total. The molecule has 2 rings (SSSR count). The van der Waals surface area contributed by atoms with Crippen molar-refractivity contribution < 1.29 is 24.4 Å². The topological polar surface area (TPSA) is 68.2 Å². The van der Waals surface area contributed by atoms with Crippen LogP contribution in [0.4, 0.5) is 0 Å². The van der Waals surface area contributed by atoms with Crippen molar-refractivity contribution in [1.82, 2.24) is 0 Å². The van der Waals surface area contributed by atoms with Crippen molar-refractivity contribution in [2.45, 2.75) is 76.8 Å². The molecule has 2 saturated carbocycles. The largest absolute Gasteiger partial charge is 0.390 e. The summed E-state index contributed by atoms with van der Waals surface area (Å²) in [6, 6.07) is 0. The minimum absolute atomic E-state index is 0.201. The van der Waals surface area contributed by atoms with Crippen LogP contribution in [0.3, 0.4) is 0 Å². The van der Waals surface area contributed by atoms with Gasteiger partial charge in [-0.15, -0.1) is 0 Å². The Balaban J connectivity index is 1.50. The van der Waals surface area contributed by atoms with E-state index in [1.807, 2.05) is 41.5 Å². The smallest absolute Gasteiger partial charge is 0.0716 e. The van der Waals surface area contributed by atoms with Gasteiger partial charge < -0.3 is 24.4 Å². The van der Waals surface area contributed by atoms with Gasteiger partial charge in [-0.1, -0.05) is 0 Å². The third-order valence-electron chi connectivity index (χ3n) is 5.40. The summed E-state index contributed by atoms with van der Waals surface area (Å²) in [4.78, 5) is 0. The van der Waals surface area contributed by atoms with Crippen molar-refractivity contribution in [2.24, 2.45) is 11.8 Å². The van der Waals surface area contributed by atoms with Gasteiger partial charge in [0.15, 0.2) is 0 Å². The van der Waals surface area contributed by atoms with Crippen LogP contribution in [0, 0.1) is 11.8 Å². The Labute approximate surface area is 140 Å². The molecule has 0 radical (unpaired) electrons. The average Bonchev–Trinajstić information content (AvgIpc) is 3.24. The molecule has 0 bridgehead atoms.